The second kappa shape index (κ2) is 3.30. The monoisotopic (exact) mass is 155 g/mol. The molecule has 0 bridgehead atoms. The molecule has 0 atom stereocenters. The average molecular weight is 155 g/mol. The molecule has 11 heavy (non-hydrogen) atoms. The van der Waals surface area contributed by atoms with Crippen molar-refractivity contribution in [1.29, 1.82) is 0 Å². The van der Waals surface area contributed by atoms with E-state index in [1.807, 2.05) is 24.3 Å². The van der Waals surface area contributed by atoms with Crippen molar-refractivity contribution in [1.82, 2.24) is 4.98 Å². The van der Waals surface area contributed by atoms with E-state index in [0.29, 0.717) is 0 Å². The molecule has 1 aromatic heterocycles. The molecule has 50 valence electrons. The fraction of sp³-hybridized carbons (Fsp3) is 0. The molecule has 0 aliphatic rings. The molecule has 0 aliphatic carbocycles. The first-order valence-corrected chi connectivity index (χ1v) is 3.11. The van der Waals surface area contributed by atoms with Gasteiger partial charge in [-0.05, 0) is 17.6 Å². The number of para-hydroxylation sites is 1. The molecule has 0 aliphatic heterocycles. The van der Waals surface area contributed by atoms with Crippen LogP contribution in [-0.2, 0) is 0 Å². The summed E-state index contributed by atoms with van der Waals surface area (Å²) in [6, 6.07) is 7.46. The summed E-state index contributed by atoms with van der Waals surface area (Å²) in [6.45, 7) is 0. The van der Waals surface area contributed by atoms with Crippen molar-refractivity contribution in [3.8, 4) is 5.75 Å². The second-order valence-corrected chi connectivity index (χ2v) is 2.20. The quantitative estimate of drug-likeness (QED) is 0.450. The first-order chi connectivity index (χ1) is 4.88. The molecule has 0 fully saturated rings. The van der Waals surface area contributed by atoms with Crippen molar-refractivity contribution < 1.29 is 34.7 Å². The molecule has 0 amide bonds. The van der Waals surface area contributed by atoms with Gasteiger partial charge in [-0.3, -0.25) is 0 Å². The van der Waals surface area contributed by atoms with Gasteiger partial charge in [0.2, 0.25) is 0 Å². The van der Waals surface area contributed by atoms with E-state index in [-0.39, 0.29) is 35.3 Å². The van der Waals surface area contributed by atoms with Gasteiger partial charge in [0.15, 0.2) is 0 Å². The molecular weight excluding hydrogens is 149 g/mol. The summed E-state index contributed by atoms with van der Waals surface area (Å²) in [4.78, 5) is 2.88. The summed E-state index contributed by atoms with van der Waals surface area (Å²) in [7, 11) is 0. The Bertz CT molecular complexity index is 356. The van der Waals surface area contributed by atoms with Gasteiger partial charge in [-0.15, -0.1) is 0 Å². The van der Waals surface area contributed by atoms with Crippen molar-refractivity contribution in [2.75, 3.05) is 0 Å². The van der Waals surface area contributed by atoms with Gasteiger partial charge < -0.3 is 10.1 Å². The standard InChI is InChI=1S/C8H7NO.Na/c10-8-5-9-7-4-2-1-3-6(7)8;/h1-5,9-10H;/q;+1/p-1. The number of benzene rings is 1. The summed E-state index contributed by atoms with van der Waals surface area (Å²) in [5.74, 6) is 0.0654. The number of aromatic nitrogens is 1. The molecule has 0 spiro atoms. The first kappa shape index (κ1) is 8.65. The average Bonchev–Trinajstić information content (AvgIpc) is 2.34. The van der Waals surface area contributed by atoms with Gasteiger partial charge in [0.1, 0.15) is 0 Å². The molecule has 3 heteroatoms. The van der Waals surface area contributed by atoms with E-state index < -0.39 is 0 Å². The second-order valence-electron chi connectivity index (χ2n) is 2.20. The van der Waals surface area contributed by atoms with Crippen molar-refractivity contribution in [3.05, 3.63) is 30.5 Å². The normalized spacial score (nSPS) is 9.45. The number of aromatic amines is 1. The van der Waals surface area contributed by atoms with Crippen LogP contribution in [0, 0.1) is 0 Å². The number of nitrogens with one attached hydrogen (secondary N) is 1. The van der Waals surface area contributed by atoms with E-state index in [9.17, 15) is 5.11 Å². The largest absolute Gasteiger partial charge is 1.00 e. The van der Waals surface area contributed by atoms with E-state index in [1.54, 1.807) is 0 Å². The van der Waals surface area contributed by atoms with E-state index in [2.05, 4.69) is 4.98 Å². The Kier molecular flexibility index (Phi) is 2.60. The third kappa shape index (κ3) is 1.43. The number of H-pyrrole nitrogens is 1. The molecule has 0 saturated carbocycles. The number of rotatable bonds is 0. The zero-order valence-corrected chi connectivity index (χ0v) is 8.29. The van der Waals surface area contributed by atoms with Crippen LogP contribution in [0.1, 0.15) is 0 Å². The van der Waals surface area contributed by atoms with Crippen LogP contribution in [0.2, 0.25) is 0 Å². The molecule has 1 N–H and O–H groups in total. The smallest absolute Gasteiger partial charge is 0.871 e. The van der Waals surface area contributed by atoms with Gasteiger partial charge in [-0.1, -0.05) is 23.9 Å². The molecule has 0 radical (unpaired) electrons. The molecule has 1 aromatic carbocycles. The molecule has 1 heterocycles. The zero-order chi connectivity index (χ0) is 6.97. The van der Waals surface area contributed by atoms with E-state index in [0.717, 1.165) is 10.9 Å². The fourth-order valence-corrected chi connectivity index (χ4v) is 1.04. The van der Waals surface area contributed by atoms with Crippen molar-refractivity contribution in [3.63, 3.8) is 0 Å². The third-order valence-electron chi connectivity index (χ3n) is 1.55. The summed E-state index contributed by atoms with van der Waals surface area (Å²) in [6.07, 6.45) is 1.48. The van der Waals surface area contributed by atoms with Gasteiger partial charge in [0.05, 0.1) is 0 Å². The van der Waals surface area contributed by atoms with Crippen LogP contribution >= 0.6 is 0 Å². The Morgan fingerprint density at radius 2 is 1.91 bits per heavy atom. The van der Waals surface area contributed by atoms with Gasteiger partial charge in [-0.2, -0.15) is 0 Å². The maximum Gasteiger partial charge on any atom is 1.00 e. The van der Waals surface area contributed by atoms with Gasteiger partial charge in [-0.25, -0.2) is 0 Å². The topological polar surface area (TPSA) is 38.8 Å². The van der Waals surface area contributed by atoms with Crippen molar-refractivity contribution >= 4 is 10.9 Å². The Morgan fingerprint density at radius 3 is 2.64 bits per heavy atom. The molecule has 0 unspecified atom stereocenters. The van der Waals surface area contributed by atoms with Crippen molar-refractivity contribution in [2.45, 2.75) is 0 Å². The van der Waals surface area contributed by atoms with Crippen LogP contribution in [0.3, 0.4) is 0 Å². The first-order valence-electron chi connectivity index (χ1n) is 3.11. The summed E-state index contributed by atoms with van der Waals surface area (Å²) < 4.78 is 0. The van der Waals surface area contributed by atoms with Crippen molar-refractivity contribution in [2.24, 2.45) is 0 Å². The van der Waals surface area contributed by atoms with E-state index in [1.165, 1.54) is 6.20 Å². The predicted octanol–water partition coefficient (Wildman–Crippen LogP) is -1.75. The Labute approximate surface area is 86.5 Å². The van der Waals surface area contributed by atoms with Crippen LogP contribution in [0.4, 0.5) is 0 Å². The van der Waals surface area contributed by atoms with Gasteiger partial charge in [0.25, 0.3) is 0 Å². The fourth-order valence-electron chi connectivity index (χ4n) is 1.04. The maximum atomic E-state index is 10.9. The minimum Gasteiger partial charge on any atom is -0.871 e. The van der Waals surface area contributed by atoms with Gasteiger partial charge >= 0.3 is 29.6 Å². The number of hydrogen-bond acceptors (Lipinski definition) is 1. The molecule has 0 saturated heterocycles. The Morgan fingerprint density at radius 1 is 1.18 bits per heavy atom. The van der Waals surface area contributed by atoms with Crippen LogP contribution < -0.4 is 34.7 Å². The molecule has 2 nitrogen and oxygen atoms in total. The molecule has 2 rings (SSSR count). The van der Waals surface area contributed by atoms with Crippen LogP contribution in [0.15, 0.2) is 30.5 Å². The third-order valence-corrected chi connectivity index (χ3v) is 1.55. The SMILES string of the molecule is [Na+].[O-]c1c[nH]c2ccccc12. The summed E-state index contributed by atoms with van der Waals surface area (Å²) in [5.41, 5.74) is 0.910. The Balaban J connectivity index is 0.000000605. The van der Waals surface area contributed by atoms with E-state index in [4.69, 9.17) is 0 Å². The Hall–Kier alpha value is -0.440. The van der Waals surface area contributed by atoms with Crippen LogP contribution in [0.5, 0.6) is 5.75 Å². The van der Waals surface area contributed by atoms with E-state index >= 15 is 0 Å². The minimum atomic E-state index is 0. The molecular formula is C8H6NNaO. The van der Waals surface area contributed by atoms with Crippen LogP contribution in [-0.4, -0.2) is 4.98 Å². The minimum absolute atomic E-state index is 0. The zero-order valence-electron chi connectivity index (χ0n) is 6.29. The van der Waals surface area contributed by atoms with Gasteiger partial charge in [0, 0.05) is 5.52 Å². The number of hydrogen-bond donors (Lipinski definition) is 1. The molecule has 2 aromatic rings. The summed E-state index contributed by atoms with van der Waals surface area (Å²) >= 11 is 0. The predicted molar refractivity (Wildman–Crippen MR) is 37.7 cm³/mol. The van der Waals surface area contributed by atoms with Crippen LogP contribution in [0.25, 0.3) is 10.9 Å². The summed E-state index contributed by atoms with van der Waals surface area (Å²) in [5, 5.41) is 11.7. The number of fused-ring (bicyclic) bond motifs is 1. The maximum absolute atomic E-state index is 10.9.